The number of aliphatic carboxylic acids is 1. The van der Waals surface area contributed by atoms with Crippen molar-refractivity contribution in [1.82, 2.24) is 0 Å². The molecule has 7 nitrogen and oxygen atoms in total. The number of rotatable bonds is 11. The number of aryl methyl sites for hydroxylation is 2. The fourth-order valence-corrected chi connectivity index (χ4v) is 5.31. The first-order valence-electron chi connectivity index (χ1n) is 12.2. The van der Waals surface area contributed by atoms with Crippen LogP contribution in [0.5, 0.6) is 17.2 Å². The van der Waals surface area contributed by atoms with Crippen molar-refractivity contribution in [2.45, 2.75) is 39.2 Å². The molecule has 0 saturated carbocycles. The molecular formula is C29H32O7S. The van der Waals surface area contributed by atoms with Crippen LogP contribution in [0.25, 0.3) is 11.1 Å². The Balaban J connectivity index is 1.42. The van der Waals surface area contributed by atoms with Crippen LogP contribution in [-0.4, -0.2) is 44.7 Å². The molecule has 37 heavy (non-hydrogen) atoms. The third-order valence-electron chi connectivity index (χ3n) is 6.34. The minimum absolute atomic E-state index is 0.0603. The van der Waals surface area contributed by atoms with Crippen LogP contribution in [0.15, 0.2) is 54.6 Å². The molecule has 1 aliphatic rings. The van der Waals surface area contributed by atoms with Crippen LogP contribution in [0.2, 0.25) is 0 Å². The summed E-state index contributed by atoms with van der Waals surface area (Å²) < 4.78 is 40.2. The van der Waals surface area contributed by atoms with Crippen molar-refractivity contribution in [2.75, 3.05) is 25.2 Å². The Morgan fingerprint density at radius 3 is 2.49 bits per heavy atom. The summed E-state index contributed by atoms with van der Waals surface area (Å²) in [5, 5.41) is 9.08. The fraction of sp³-hybridized carbons (Fsp3) is 0.345. The summed E-state index contributed by atoms with van der Waals surface area (Å²) in [6.07, 6.45) is 1.75. The first-order chi connectivity index (χ1) is 17.6. The molecule has 196 valence electrons. The van der Waals surface area contributed by atoms with E-state index in [2.05, 4.69) is 0 Å². The average molecular weight is 525 g/mol. The molecule has 0 spiro atoms. The quantitative estimate of drug-likeness (QED) is 0.339. The van der Waals surface area contributed by atoms with Gasteiger partial charge in [-0.15, -0.1) is 0 Å². The van der Waals surface area contributed by atoms with Crippen LogP contribution in [0.1, 0.15) is 41.0 Å². The molecule has 0 radical (unpaired) electrons. The minimum Gasteiger partial charge on any atom is -0.494 e. The lowest BCUT2D eigenvalue weighted by Crippen LogP contribution is -2.08. The van der Waals surface area contributed by atoms with Gasteiger partial charge in [0.2, 0.25) is 0 Å². The highest BCUT2D eigenvalue weighted by Crippen LogP contribution is 2.37. The molecule has 0 aliphatic carbocycles. The normalized spacial score (nSPS) is 14.6. The maximum Gasteiger partial charge on any atom is 0.304 e. The van der Waals surface area contributed by atoms with Gasteiger partial charge in [-0.1, -0.05) is 24.3 Å². The van der Waals surface area contributed by atoms with Gasteiger partial charge in [0.1, 0.15) is 33.7 Å². The zero-order chi connectivity index (χ0) is 26.6. The van der Waals surface area contributed by atoms with E-state index < -0.39 is 15.8 Å². The van der Waals surface area contributed by atoms with Gasteiger partial charge in [-0.25, -0.2) is 8.42 Å². The van der Waals surface area contributed by atoms with Crippen molar-refractivity contribution in [3.05, 3.63) is 76.9 Å². The molecule has 0 bridgehead atoms. The van der Waals surface area contributed by atoms with E-state index in [1.807, 2.05) is 68.4 Å². The number of carbonyl (C=O) groups is 1. The molecule has 8 heteroatoms. The van der Waals surface area contributed by atoms with Gasteiger partial charge < -0.3 is 19.3 Å². The molecular weight excluding hydrogens is 492 g/mol. The summed E-state index contributed by atoms with van der Waals surface area (Å²) >= 11 is 0. The monoisotopic (exact) mass is 524 g/mol. The number of ether oxygens (including phenoxy) is 3. The molecule has 4 rings (SSSR count). The van der Waals surface area contributed by atoms with Crippen molar-refractivity contribution in [3.8, 4) is 28.4 Å². The number of fused-ring (bicyclic) bond motifs is 1. The molecule has 1 heterocycles. The lowest BCUT2D eigenvalue weighted by atomic mass is 9.95. The minimum atomic E-state index is -2.99. The second kappa shape index (κ2) is 11.3. The molecule has 0 saturated heterocycles. The van der Waals surface area contributed by atoms with E-state index in [1.165, 1.54) is 6.26 Å². The zero-order valence-corrected chi connectivity index (χ0v) is 22.1. The van der Waals surface area contributed by atoms with E-state index in [9.17, 15) is 13.2 Å². The molecule has 0 fully saturated rings. The lowest BCUT2D eigenvalue weighted by Gasteiger charge is -2.15. The summed E-state index contributed by atoms with van der Waals surface area (Å²) in [4.78, 5) is 11.1. The van der Waals surface area contributed by atoms with Crippen LogP contribution in [-0.2, 0) is 21.2 Å². The molecule has 1 aliphatic heterocycles. The number of carboxylic acids is 1. The van der Waals surface area contributed by atoms with Crippen molar-refractivity contribution in [2.24, 2.45) is 0 Å². The Morgan fingerprint density at radius 1 is 1.03 bits per heavy atom. The highest BCUT2D eigenvalue weighted by molar-refractivity contribution is 7.90. The molecule has 0 unspecified atom stereocenters. The fourth-order valence-electron chi connectivity index (χ4n) is 4.67. The van der Waals surface area contributed by atoms with Crippen LogP contribution >= 0.6 is 0 Å². The largest absolute Gasteiger partial charge is 0.494 e. The zero-order valence-electron chi connectivity index (χ0n) is 21.3. The van der Waals surface area contributed by atoms with E-state index in [0.717, 1.165) is 50.6 Å². The van der Waals surface area contributed by atoms with Crippen molar-refractivity contribution in [3.63, 3.8) is 0 Å². The van der Waals surface area contributed by atoms with Gasteiger partial charge in [0.15, 0.2) is 0 Å². The number of benzene rings is 3. The molecule has 0 aromatic heterocycles. The Kier molecular flexibility index (Phi) is 8.07. The van der Waals surface area contributed by atoms with Gasteiger partial charge >= 0.3 is 5.97 Å². The van der Waals surface area contributed by atoms with E-state index in [4.69, 9.17) is 19.3 Å². The summed E-state index contributed by atoms with van der Waals surface area (Å²) in [6.45, 7) is 5.16. The first kappa shape index (κ1) is 26.5. The Morgan fingerprint density at radius 2 is 1.78 bits per heavy atom. The van der Waals surface area contributed by atoms with E-state index in [-0.39, 0.29) is 18.1 Å². The van der Waals surface area contributed by atoms with E-state index in [1.54, 1.807) is 0 Å². The Labute approximate surface area is 217 Å². The van der Waals surface area contributed by atoms with Gasteiger partial charge in [0, 0.05) is 17.7 Å². The highest BCUT2D eigenvalue weighted by Gasteiger charge is 2.26. The van der Waals surface area contributed by atoms with Crippen molar-refractivity contribution >= 4 is 15.8 Å². The summed E-state index contributed by atoms with van der Waals surface area (Å²) in [7, 11) is -2.99. The van der Waals surface area contributed by atoms with Crippen LogP contribution in [0.4, 0.5) is 0 Å². The topological polar surface area (TPSA) is 99.1 Å². The van der Waals surface area contributed by atoms with Crippen molar-refractivity contribution < 1.29 is 32.5 Å². The number of hydrogen-bond donors (Lipinski definition) is 1. The Hall–Kier alpha value is -3.52. The summed E-state index contributed by atoms with van der Waals surface area (Å²) in [6, 6.07) is 17.7. The maximum absolute atomic E-state index is 11.3. The first-order valence-corrected chi connectivity index (χ1v) is 14.3. The molecule has 1 N–H and O–H groups in total. The average Bonchev–Trinajstić information content (AvgIpc) is 3.21. The summed E-state index contributed by atoms with van der Waals surface area (Å²) in [5.74, 6) is 1.36. The van der Waals surface area contributed by atoms with Crippen LogP contribution in [0.3, 0.4) is 0 Å². The third-order valence-corrected chi connectivity index (χ3v) is 7.37. The van der Waals surface area contributed by atoms with Gasteiger partial charge in [-0.2, -0.15) is 0 Å². The number of sulfone groups is 1. The van der Waals surface area contributed by atoms with E-state index in [0.29, 0.717) is 26.2 Å². The number of hydrogen-bond acceptors (Lipinski definition) is 6. The van der Waals surface area contributed by atoms with Gasteiger partial charge in [0.05, 0.1) is 25.4 Å². The van der Waals surface area contributed by atoms with Crippen molar-refractivity contribution in [1.29, 1.82) is 0 Å². The second-order valence-corrected chi connectivity index (χ2v) is 11.8. The molecule has 0 amide bonds. The SMILES string of the molecule is Cc1cc(OCCCS(C)(=O)=O)cc(C)c1-c1cccc(OCc2ccc3c(c2)OC[C@H]3CC(=O)O)c1. The predicted molar refractivity (Wildman–Crippen MR) is 142 cm³/mol. The van der Waals surface area contributed by atoms with E-state index >= 15 is 0 Å². The molecule has 1 atom stereocenters. The second-order valence-electron chi connectivity index (χ2n) is 9.56. The van der Waals surface area contributed by atoms with Gasteiger partial charge in [0.25, 0.3) is 0 Å². The third kappa shape index (κ3) is 7.04. The van der Waals surface area contributed by atoms with Crippen LogP contribution < -0.4 is 14.2 Å². The summed E-state index contributed by atoms with van der Waals surface area (Å²) in [5.41, 5.74) is 6.13. The standard InChI is InChI=1S/C29H32O7S/c1-19-12-25(34-10-5-11-37(3,32)33)13-20(2)29(19)22-6-4-7-24(15-22)35-17-21-8-9-26-23(16-28(30)31)18-36-27(26)14-21/h4,6-9,12-15,23H,5,10-11,16-18H2,1-3H3,(H,30,31)/t23-/m1/s1. The Bertz CT molecular complexity index is 1370. The number of carboxylic acid groups (broad SMARTS) is 1. The predicted octanol–water partition coefficient (Wildman–Crippen LogP) is 5.31. The van der Waals surface area contributed by atoms with Gasteiger partial charge in [-0.05, 0) is 78.4 Å². The smallest absolute Gasteiger partial charge is 0.304 e. The van der Waals surface area contributed by atoms with Crippen LogP contribution in [0, 0.1) is 13.8 Å². The lowest BCUT2D eigenvalue weighted by molar-refractivity contribution is -0.137. The van der Waals surface area contributed by atoms with Gasteiger partial charge in [-0.3, -0.25) is 4.79 Å². The molecule has 3 aromatic carbocycles. The molecule has 3 aromatic rings. The highest BCUT2D eigenvalue weighted by atomic mass is 32.2. The maximum atomic E-state index is 11.3.